The van der Waals surface area contributed by atoms with E-state index in [1.165, 1.54) is 12.8 Å². The summed E-state index contributed by atoms with van der Waals surface area (Å²) in [5.41, 5.74) is 6.18. The van der Waals surface area contributed by atoms with Crippen LogP contribution in [-0.4, -0.2) is 18.5 Å². The first-order valence-electron chi connectivity index (χ1n) is 6.89. The van der Waals surface area contributed by atoms with Gasteiger partial charge in [-0.2, -0.15) is 0 Å². The Morgan fingerprint density at radius 3 is 2.65 bits per heavy atom. The number of amides is 1. The van der Waals surface area contributed by atoms with Gasteiger partial charge in [-0.1, -0.05) is 27.2 Å². The Labute approximate surface area is 106 Å². The van der Waals surface area contributed by atoms with Crippen LogP contribution in [0.1, 0.15) is 59.3 Å². The van der Waals surface area contributed by atoms with E-state index in [1.807, 2.05) is 0 Å². The van der Waals surface area contributed by atoms with E-state index in [9.17, 15) is 4.79 Å². The van der Waals surface area contributed by atoms with E-state index in [4.69, 9.17) is 5.73 Å². The van der Waals surface area contributed by atoms with Crippen molar-refractivity contribution < 1.29 is 4.79 Å². The van der Waals surface area contributed by atoms with Gasteiger partial charge >= 0.3 is 0 Å². The summed E-state index contributed by atoms with van der Waals surface area (Å²) in [6.07, 6.45) is 6.23. The highest BCUT2D eigenvalue weighted by atomic mass is 16.1. The van der Waals surface area contributed by atoms with Crippen molar-refractivity contribution in [3.8, 4) is 0 Å². The van der Waals surface area contributed by atoms with Gasteiger partial charge < -0.3 is 11.1 Å². The molecule has 1 aliphatic carbocycles. The van der Waals surface area contributed by atoms with Crippen LogP contribution in [0.2, 0.25) is 0 Å². The molecule has 0 aromatic carbocycles. The zero-order chi connectivity index (χ0) is 12.9. The van der Waals surface area contributed by atoms with Gasteiger partial charge in [0.05, 0.1) is 0 Å². The highest BCUT2D eigenvalue weighted by Gasteiger charge is 2.20. The lowest BCUT2D eigenvalue weighted by atomic mass is 9.86. The van der Waals surface area contributed by atoms with E-state index in [-0.39, 0.29) is 11.3 Å². The topological polar surface area (TPSA) is 55.1 Å². The SMILES string of the molecule is CC(C)(C)CCC(=O)NCC1CCCC(N)C1. The molecule has 1 fully saturated rings. The van der Waals surface area contributed by atoms with Crippen LogP contribution in [0.25, 0.3) is 0 Å². The van der Waals surface area contributed by atoms with E-state index >= 15 is 0 Å². The number of nitrogens with two attached hydrogens (primary N) is 1. The summed E-state index contributed by atoms with van der Waals surface area (Å²) >= 11 is 0. The molecule has 0 heterocycles. The lowest BCUT2D eigenvalue weighted by Gasteiger charge is -2.26. The Bertz CT molecular complexity index is 245. The van der Waals surface area contributed by atoms with Crippen LogP contribution >= 0.6 is 0 Å². The Morgan fingerprint density at radius 2 is 2.06 bits per heavy atom. The van der Waals surface area contributed by atoms with Crippen molar-refractivity contribution in [1.29, 1.82) is 0 Å². The van der Waals surface area contributed by atoms with Crippen LogP contribution in [0, 0.1) is 11.3 Å². The maximum Gasteiger partial charge on any atom is 0.220 e. The molecular weight excluding hydrogens is 212 g/mol. The third kappa shape index (κ3) is 6.67. The Hall–Kier alpha value is -0.570. The molecule has 3 heteroatoms. The maximum atomic E-state index is 11.7. The van der Waals surface area contributed by atoms with Crippen molar-refractivity contribution >= 4 is 5.91 Å². The summed E-state index contributed by atoms with van der Waals surface area (Å²) < 4.78 is 0. The zero-order valence-electron chi connectivity index (χ0n) is 11.6. The average Bonchev–Trinajstić information content (AvgIpc) is 2.23. The predicted molar refractivity (Wildman–Crippen MR) is 71.6 cm³/mol. The first-order valence-corrected chi connectivity index (χ1v) is 6.89. The van der Waals surface area contributed by atoms with Crippen molar-refractivity contribution in [3.63, 3.8) is 0 Å². The molecule has 0 bridgehead atoms. The average molecular weight is 240 g/mol. The van der Waals surface area contributed by atoms with Crippen LogP contribution < -0.4 is 11.1 Å². The van der Waals surface area contributed by atoms with Crippen molar-refractivity contribution in [1.82, 2.24) is 5.32 Å². The number of hydrogen-bond acceptors (Lipinski definition) is 2. The van der Waals surface area contributed by atoms with Gasteiger partial charge in [0.15, 0.2) is 0 Å². The van der Waals surface area contributed by atoms with Crippen molar-refractivity contribution in [2.24, 2.45) is 17.1 Å². The van der Waals surface area contributed by atoms with E-state index in [0.717, 1.165) is 25.8 Å². The number of carbonyl (C=O) groups excluding carboxylic acids is 1. The molecule has 0 spiro atoms. The second-order valence-electron chi connectivity index (χ2n) is 6.66. The van der Waals surface area contributed by atoms with Crippen LogP contribution in [0.5, 0.6) is 0 Å². The third-order valence-corrected chi connectivity index (χ3v) is 3.51. The van der Waals surface area contributed by atoms with E-state index in [0.29, 0.717) is 18.4 Å². The first-order chi connectivity index (χ1) is 7.87. The molecule has 1 amide bonds. The molecule has 17 heavy (non-hydrogen) atoms. The molecule has 1 aliphatic rings. The predicted octanol–water partition coefficient (Wildman–Crippen LogP) is 2.45. The Morgan fingerprint density at radius 1 is 1.35 bits per heavy atom. The van der Waals surface area contributed by atoms with Crippen LogP contribution in [-0.2, 0) is 4.79 Å². The Kier molecular flexibility index (Phi) is 5.44. The van der Waals surface area contributed by atoms with Gasteiger partial charge in [-0.05, 0) is 37.0 Å². The molecule has 1 saturated carbocycles. The smallest absolute Gasteiger partial charge is 0.220 e. The molecule has 0 aromatic heterocycles. The fourth-order valence-corrected chi connectivity index (χ4v) is 2.35. The highest BCUT2D eigenvalue weighted by molar-refractivity contribution is 5.75. The first kappa shape index (κ1) is 14.5. The second kappa shape index (κ2) is 6.39. The van der Waals surface area contributed by atoms with Gasteiger partial charge in [-0.15, -0.1) is 0 Å². The molecule has 100 valence electrons. The fraction of sp³-hybridized carbons (Fsp3) is 0.929. The quantitative estimate of drug-likeness (QED) is 0.793. The summed E-state index contributed by atoms with van der Waals surface area (Å²) in [6, 6.07) is 0.347. The van der Waals surface area contributed by atoms with Gasteiger partial charge in [0, 0.05) is 19.0 Å². The molecule has 3 N–H and O–H groups in total. The standard InChI is InChI=1S/C14H28N2O/c1-14(2,3)8-7-13(17)16-10-11-5-4-6-12(15)9-11/h11-12H,4-10,15H2,1-3H3,(H,16,17). The largest absolute Gasteiger partial charge is 0.356 e. The van der Waals surface area contributed by atoms with Crippen molar-refractivity contribution in [3.05, 3.63) is 0 Å². The zero-order valence-corrected chi connectivity index (χ0v) is 11.6. The van der Waals surface area contributed by atoms with Gasteiger partial charge in [-0.3, -0.25) is 4.79 Å². The minimum absolute atomic E-state index is 0.194. The molecule has 2 atom stereocenters. The second-order valence-corrected chi connectivity index (χ2v) is 6.66. The third-order valence-electron chi connectivity index (χ3n) is 3.51. The van der Waals surface area contributed by atoms with Crippen molar-refractivity contribution in [2.75, 3.05) is 6.54 Å². The number of hydrogen-bond donors (Lipinski definition) is 2. The van der Waals surface area contributed by atoms with E-state index in [2.05, 4.69) is 26.1 Å². The molecule has 0 saturated heterocycles. The monoisotopic (exact) mass is 240 g/mol. The summed E-state index contributed by atoms with van der Waals surface area (Å²) in [5.74, 6) is 0.788. The molecule has 0 aromatic rings. The van der Waals surface area contributed by atoms with Crippen LogP contribution in [0.3, 0.4) is 0 Å². The molecule has 2 unspecified atom stereocenters. The molecular formula is C14H28N2O. The van der Waals surface area contributed by atoms with E-state index in [1.54, 1.807) is 0 Å². The van der Waals surface area contributed by atoms with Crippen LogP contribution in [0.15, 0.2) is 0 Å². The van der Waals surface area contributed by atoms with Crippen molar-refractivity contribution in [2.45, 2.75) is 65.3 Å². The maximum absolute atomic E-state index is 11.7. The minimum Gasteiger partial charge on any atom is -0.356 e. The summed E-state index contributed by atoms with van der Waals surface area (Å²) in [5, 5.41) is 3.05. The van der Waals surface area contributed by atoms with Crippen LogP contribution in [0.4, 0.5) is 0 Å². The number of rotatable bonds is 4. The normalized spacial score (nSPS) is 25.6. The lowest BCUT2D eigenvalue weighted by Crippen LogP contribution is -2.35. The highest BCUT2D eigenvalue weighted by Crippen LogP contribution is 2.23. The molecule has 0 aliphatic heterocycles. The molecule has 0 radical (unpaired) electrons. The van der Waals surface area contributed by atoms with E-state index < -0.39 is 0 Å². The summed E-state index contributed by atoms with van der Waals surface area (Å²) in [6.45, 7) is 7.32. The lowest BCUT2D eigenvalue weighted by molar-refractivity contribution is -0.121. The molecule has 1 rings (SSSR count). The van der Waals surface area contributed by atoms with Gasteiger partial charge in [0.1, 0.15) is 0 Å². The molecule has 3 nitrogen and oxygen atoms in total. The number of carbonyl (C=O) groups is 1. The van der Waals surface area contributed by atoms with Gasteiger partial charge in [0.2, 0.25) is 5.91 Å². The fourth-order valence-electron chi connectivity index (χ4n) is 2.35. The minimum atomic E-state index is 0.194. The number of nitrogens with one attached hydrogen (secondary N) is 1. The van der Waals surface area contributed by atoms with Gasteiger partial charge in [0.25, 0.3) is 0 Å². The van der Waals surface area contributed by atoms with Gasteiger partial charge in [-0.25, -0.2) is 0 Å². The summed E-state index contributed by atoms with van der Waals surface area (Å²) in [4.78, 5) is 11.7. The summed E-state index contributed by atoms with van der Waals surface area (Å²) in [7, 11) is 0. The Balaban J connectivity index is 2.15.